The van der Waals surface area contributed by atoms with Gasteiger partial charge >= 0.3 is 0 Å². The maximum atomic E-state index is 5.61. The van der Waals surface area contributed by atoms with E-state index in [0.29, 0.717) is 0 Å². The summed E-state index contributed by atoms with van der Waals surface area (Å²) in [5.74, 6) is 1.92. The van der Waals surface area contributed by atoms with E-state index < -0.39 is 0 Å². The lowest BCUT2D eigenvalue weighted by atomic mass is 10.1. The highest BCUT2D eigenvalue weighted by Gasteiger charge is 2.10. The van der Waals surface area contributed by atoms with Crippen molar-refractivity contribution in [2.24, 2.45) is 0 Å². The fourth-order valence-corrected chi connectivity index (χ4v) is 1.99. The van der Waals surface area contributed by atoms with Crippen LogP contribution in [0.3, 0.4) is 0 Å². The zero-order valence-electron chi connectivity index (χ0n) is 11.2. The second-order valence-electron chi connectivity index (χ2n) is 4.51. The highest BCUT2D eigenvalue weighted by atomic mass is 16.3. The minimum atomic E-state index is 0.199. The summed E-state index contributed by atoms with van der Waals surface area (Å²) in [6.07, 6.45) is 2.86. The summed E-state index contributed by atoms with van der Waals surface area (Å²) in [6.45, 7) is 6.99. The zero-order valence-corrected chi connectivity index (χ0v) is 11.2. The highest BCUT2D eigenvalue weighted by molar-refractivity contribution is 5.19. The number of hydrogen-bond donors (Lipinski definition) is 1. The van der Waals surface area contributed by atoms with Crippen molar-refractivity contribution in [3.63, 3.8) is 0 Å². The second kappa shape index (κ2) is 5.83. The first-order valence-corrected chi connectivity index (χ1v) is 6.43. The number of aryl methyl sites for hydroxylation is 2. The molecule has 2 heterocycles. The van der Waals surface area contributed by atoms with Gasteiger partial charge in [0.2, 0.25) is 0 Å². The van der Waals surface area contributed by atoms with Crippen LogP contribution in [0.2, 0.25) is 0 Å². The van der Waals surface area contributed by atoms with Crippen LogP contribution < -0.4 is 5.32 Å². The van der Waals surface area contributed by atoms with Gasteiger partial charge in [0.25, 0.3) is 0 Å². The van der Waals surface area contributed by atoms with Gasteiger partial charge in [-0.25, -0.2) is 0 Å². The maximum Gasteiger partial charge on any atom is 0.120 e. The van der Waals surface area contributed by atoms with Gasteiger partial charge in [-0.15, -0.1) is 0 Å². The molecule has 96 valence electrons. The third kappa shape index (κ3) is 2.99. The lowest BCUT2D eigenvalue weighted by molar-refractivity contribution is 0.414. The number of pyridine rings is 1. The summed E-state index contributed by atoms with van der Waals surface area (Å²) >= 11 is 0. The highest BCUT2D eigenvalue weighted by Crippen LogP contribution is 2.16. The van der Waals surface area contributed by atoms with Crippen molar-refractivity contribution in [1.82, 2.24) is 10.3 Å². The molecule has 3 heteroatoms. The van der Waals surface area contributed by atoms with Crippen molar-refractivity contribution in [2.45, 2.75) is 39.8 Å². The molecule has 1 atom stereocenters. The monoisotopic (exact) mass is 244 g/mol. The molecule has 0 bridgehead atoms. The molecule has 0 saturated carbocycles. The Kier molecular flexibility index (Phi) is 4.15. The molecule has 2 rings (SSSR count). The van der Waals surface area contributed by atoms with E-state index in [1.165, 1.54) is 5.56 Å². The standard InChI is InChI=1S/C15H20N2O/c1-4-13-6-5-9-16-14(13)10-17-12(3)15-8-7-11(2)18-15/h5-9,12,17H,4,10H2,1-3H3. The fourth-order valence-electron chi connectivity index (χ4n) is 1.99. The van der Waals surface area contributed by atoms with E-state index in [0.717, 1.165) is 30.2 Å². The molecule has 0 spiro atoms. The number of nitrogens with one attached hydrogen (secondary N) is 1. The molecule has 0 saturated heterocycles. The number of aromatic nitrogens is 1. The minimum absolute atomic E-state index is 0.199. The Morgan fingerprint density at radius 3 is 2.83 bits per heavy atom. The van der Waals surface area contributed by atoms with Crippen LogP contribution in [0.25, 0.3) is 0 Å². The smallest absolute Gasteiger partial charge is 0.120 e. The molecule has 3 nitrogen and oxygen atoms in total. The van der Waals surface area contributed by atoms with Gasteiger partial charge in [-0.1, -0.05) is 13.0 Å². The number of rotatable bonds is 5. The molecule has 1 unspecified atom stereocenters. The summed E-state index contributed by atoms with van der Waals surface area (Å²) in [4.78, 5) is 4.43. The normalized spacial score (nSPS) is 12.6. The molecular weight excluding hydrogens is 224 g/mol. The molecule has 0 aliphatic carbocycles. The van der Waals surface area contributed by atoms with Gasteiger partial charge in [-0.05, 0) is 44.0 Å². The first kappa shape index (κ1) is 12.8. The number of nitrogens with zero attached hydrogens (tertiary/aromatic N) is 1. The van der Waals surface area contributed by atoms with Crippen molar-refractivity contribution in [3.8, 4) is 0 Å². The predicted molar refractivity (Wildman–Crippen MR) is 72.3 cm³/mol. The van der Waals surface area contributed by atoms with E-state index in [-0.39, 0.29) is 6.04 Å². The van der Waals surface area contributed by atoms with Crippen LogP contribution >= 0.6 is 0 Å². The van der Waals surface area contributed by atoms with Crippen LogP contribution in [0.1, 0.15) is 42.7 Å². The van der Waals surface area contributed by atoms with Gasteiger partial charge in [0, 0.05) is 12.7 Å². The molecule has 2 aromatic rings. The minimum Gasteiger partial charge on any atom is -0.465 e. The topological polar surface area (TPSA) is 38.1 Å². The van der Waals surface area contributed by atoms with E-state index in [2.05, 4.69) is 30.2 Å². The van der Waals surface area contributed by atoms with Gasteiger partial charge < -0.3 is 9.73 Å². The molecule has 0 aromatic carbocycles. The van der Waals surface area contributed by atoms with Crippen LogP contribution in [0.5, 0.6) is 0 Å². The fraction of sp³-hybridized carbons (Fsp3) is 0.400. The Labute approximate surface area is 108 Å². The Morgan fingerprint density at radius 2 is 2.17 bits per heavy atom. The van der Waals surface area contributed by atoms with Crippen molar-refractivity contribution in [3.05, 3.63) is 53.2 Å². The molecule has 0 aliphatic rings. The van der Waals surface area contributed by atoms with Crippen LogP contribution in [-0.4, -0.2) is 4.98 Å². The molecular formula is C15H20N2O. The average Bonchev–Trinajstić information content (AvgIpc) is 2.83. The van der Waals surface area contributed by atoms with Crippen LogP contribution in [0, 0.1) is 6.92 Å². The number of hydrogen-bond acceptors (Lipinski definition) is 3. The summed E-state index contributed by atoms with van der Waals surface area (Å²) < 4.78 is 5.61. The summed E-state index contributed by atoms with van der Waals surface area (Å²) in [7, 11) is 0. The van der Waals surface area contributed by atoms with Gasteiger partial charge in [-0.2, -0.15) is 0 Å². The van der Waals surface area contributed by atoms with E-state index in [4.69, 9.17) is 4.42 Å². The Balaban J connectivity index is 1.99. The number of furan rings is 1. The van der Waals surface area contributed by atoms with Gasteiger partial charge in [0.1, 0.15) is 11.5 Å². The van der Waals surface area contributed by atoms with Crippen molar-refractivity contribution < 1.29 is 4.42 Å². The largest absolute Gasteiger partial charge is 0.465 e. The van der Waals surface area contributed by atoms with Gasteiger partial charge in [-0.3, -0.25) is 4.98 Å². The molecule has 0 fully saturated rings. The molecule has 2 aromatic heterocycles. The quantitative estimate of drug-likeness (QED) is 0.876. The molecule has 0 amide bonds. The molecule has 0 radical (unpaired) electrons. The second-order valence-corrected chi connectivity index (χ2v) is 4.51. The van der Waals surface area contributed by atoms with Crippen molar-refractivity contribution in [2.75, 3.05) is 0 Å². The Hall–Kier alpha value is -1.61. The van der Waals surface area contributed by atoms with E-state index in [1.54, 1.807) is 0 Å². The third-order valence-corrected chi connectivity index (χ3v) is 3.13. The summed E-state index contributed by atoms with van der Waals surface area (Å²) in [5.41, 5.74) is 2.42. The maximum absolute atomic E-state index is 5.61. The average molecular weight is 244 g/mol. The van der Waals surface area contributed by atoms with E-state index in [1.807, 2.05) is 31.3 Å². The first-order valence-electron chi connectivity index (χ1n) is 6.43. The lowest BCUT2D eigenvalue weighted by Crippen LogP contribution is -2.19. The van der Waals surface area contributed by atoms with Crippen LogP contribution in [0.4, 0.5) is 0 Å². The van der Waals surface area contributed by atoms with E-state index in [9.17, 15) is 0 Å². The molecule has 0 aliphatic heterocycles. The van der Waals surface area contributed by atoms with Crippen LogP contribution in [-0.2, 0) is 13.0 Å². The zero-order chi connectivity index (χ0) is 13.0. The molecule has 1 N–H and O–H groups in total. The lowest BCUT2D eigenvalue weighted by Gasteiger charge is -2.12. The summed E-state index contributed by atoms with van der Waals surface area (Å²) in [5, 5.41) is 3.45. The first-order chi connectivity index (χ1) is 8.70. The summed E-state index contributed by atoms with van der Waals surface area (Å²) in [6, 6.07) is 8.33. The van der Waals surface area contributed by atoms with Gasteiger partial charge in [0.05, 0.1) is 11.7 Å². The van der Waals surface area contributed by atoms with Gasteiger partial charge in [0.15, 0.2) is 0 Å². The van der Waals surface area contributed by atoms with Crippen molar-refractivity contribution in [1.29, 1.82) is 0 Å². The predicted octanol–water partition coefficient (Wildman–Crippen LogP) is 3.40. The van der Waals surface area contributed by atoms with Crippen LogP contribution in [0.15, 0.2) is 34.9 Å². The molecule has 18 heavy (non-hydrogen) atoms. The van der Waals surface area contributed by atoms with E-state index >= 15 is 0 Å². The SMILES string of the molecule is CCc1cccnc1CNC(C)c1ccc(C)o1. The Bertz CT molecular complexity index is 505. The third-order valence-electron chi connectivity index (χ3n) is 3.13. The Morgan fingerprint density at radius 1 is 1.33 bits per heavy atom. The van der Waals surface area contributed by atoms with Crippen molar-refractivity contribution >= 4 is 0 Å².